The van der Waals surface area contributed by atoms with Crippen molar-refractivity contribution in [3.05, 3.63) is 12.2 Å². The predicted octanol–water partition coefficient (Wildman–Crippen LogP) is 1.50. The zero-order valence-electron chi connectivity index (χ0n) is 14.7. The summed E-state index contributed by atoms with van der Waals surface area (Å²) in [5, 5.41) is 38.3. The van der Waals surface area contributed by atoms with Gasteiger partial charge in [0, 0.05) is 6.61 Å². The van der Waals surface area contributed by atoms with Gasteiger partial charge >= 0.3 is 0 Å². The van der Waals surface area contributed by atoms with E-state index in [2.05, 4.69) is 19.1 Å². The van der Waals surface area contributed by atoms with Crippen LogP contribution in [0.3, 0.4) is 0 Å². The molecule has 1 rings (SSSR count). The van der Waals surface area contributed by atoms with Crippen molar-refractivity contribution >= 4 is 0 Å². The van der Waals surface area contributed by atoms with Crippen molar-refractivity contribution in [2.24, 2.45) is 0 Å². The molecule has 0 aromatic heterocycles. The molecular formula is C18H34O6. The van der Waals surface area contributed by atoms with Gasteiger partial charge in [-0.05, 0) is 25.7 Å². The maximum Gasteiger partial charge on any atom is 0.186 e. The summed E-state index contributed by atoms with van der Waals surface area (Å²) in [5.74, 6) is 0. The highest BCUT2D eigenvalue weighted by Crippen LogP contribution is 2.22. The molecule has 0 saturated carbocycles. The minimum atomic E-state index is -1.37. The molecule has 24 heavy (non-hydrogen) atoms. The topological polar surface area (TPSA) is 99.4 Å². The summed E-state index contributed by atoms with van der Waals surface area (Å²) in [7, 11) is 0. The summed E-state index contributed by atoms with van der Waals surface area (Å²) in [6.45, 7) is 2.13. The van der Waals surface area contributed by atoms with Crippen molar-refractivity contribution in [3.63, 3.8) is 0 Å². The number of aliphatic hydroxyl groups is 4. The van der Waals surface area contributed by atoms with Crippen LogP contribution in [0, 0.1) is 0 Å². The normalized spacial score (nSPS) is 31.0. The van der Waals surface area contributed by atoms with E-state index in [-0.39, 0.29) is 0 Å². The Bertz CT molecular complexity index is 333. The van der Waals surface area contributed by atoms with Crippen LogP contribution in [-0.4, -0.2) is 64.3 Å². The zero-order chi connectivity index (χ0) is 17.8. The molecule has 6 heteroatoms. The molecule has 0 amide bonds. The first kappa shape index (κ1) is 21.5. The van der Waals surface area contributed by atoms with E-state index < -0.39 is 37.3 Å². The maximum atomic E-state index is 9.84. The van der Waals surface area contributed by atoms with Crippen LogP contribution in [0.5, 0.6) is 0 Å². The third kappa shape index (κ3) is 7.59. The molecule has 142 valence electrons. The molecule has 1 aliphatic heterocycles. The standard InChI is InChI=1S/C18H34O6/c1-2-3-4-5-6-7-8-9-10-11-12-23-18-17(22)16(21)15(20)14(13-19)24-18/h3-4,14-22H,2,5-13H2,1H3/t14-,15-,16+,17-,18?/m1/s1. The summed E-state index contributed by atoms with van der Waals surface area (Å²) in [5.41, 5.74) is 0. The van der Waals surface area contributed by atoms with E-state index in [0.29, 0.717) is 6.61 Å². The Morgan fingerprint density at radius 1 is 0.875 bits per heavy atom. The molecule has 0 aromatic rings. The predicted molar refractivity (Wildman–Crippen MR) is 91.5 cm³/mol. The fraction of sp³-hybridized carbons (Fsp3) is 0.889. The molecule has 0 bridgehead atoms. The second-order valence-electron chi connectivity index (χ2n) is 6.36. The molecule has 1 heterocycles. The first-order valence-corrected chi connectivity index (χ1v) is 9.19. The number of hydrogen-bond acceptors (Lipinski definition) is 6. The van der Waals surface area contributed by atoms with Gasteiger partial charge in [0.2, 0.25) is 0 Å². The second-order valence-corrected chi connectivity index (χ2v) is 6.36. The van der Waals surface area contributed by atoms with Gasteiger partial charge in [0.1, 0.15) is 24.4 Å². The van der Waals surface area contributed by atoms with Crippen LogP contribution >= 0.6 is 0 Å². The fourth-order valence-electron chi connectivity index (χ4n) is 2.76. The van der Waals surface area contributed by atoms with E-state index in [4.69, 9.17) is 14.6 Å². The monoisotopic (exact) mass is 346 g/mol. The quantitative estimate of drug-likeness (QED) is 0.316. The number of rotatable bonds is 12. The van der Waals surface area contributed by atoms with Crippen LogP contribution in [0.4, 0.5) is 0 Å². The van der Waals surface area contributed by atoms with Crippen molar-refractivity contribution in [3.8, 4) is 0 Å². The van der Waals surface area contributed by atoms with Crippen molar-refractivity contribution in [2.45, 2.75) is 89.0 Å². The van der Waals surface area contributed by atoms with Crippen LogP contribution in [0.25, 0.3) is 0 Å². The van der Waals surface area contributed by atoms with Crippen LogP contribution in [0.15, 0.2) is 12.2 Å². The summed E-state index contributed by atoms with van der Waals surface area (Å²) in [6.07, 6.45) is 7.51. The Kier molecular flexibility index (Phi) is 11.5. The summed E-state index contributed by atoms with van der Waals surface area (Å²) >= 11 is 0. The lowest BCUT2D eigenvalue weighted by atomic mass is 9.99. The molecule has 6 nitrogen and oxygen atoms in total. The van der Waals surface area contributed by atoms with Gasteiger partial charge in [-0.15, -0.1) is 0 Å². The van der Waals surface area contributed by atoms with Gasteiger partial charge in [0.25, 0.3) is 0 Å². The summed E-state index contributed by atoms with van der Waals surface area (Å²) < 4.78 is 10.7. The van der Waals surface area contributed by atoms with Gasteiger partial charge in [0.05, 0.1) is 6.61 Å². The van der Waals surface area contributed by atoms with Crippen molar-refractivity contribution in [1.29, 1.82) is 0 Å². The molecule has 1 aliphatic rings. The lowest BCUT2D eigenvalue weighted by Crippen LogP contribution is -2.59. The molecule has 1 saturated heterocycles. The Morgan fingerprint density at radius 3 is 2.21 bits per heavy atom. The van der Waals surface area contributed by atoms with Gasteiger partial charge < -0.3 is 29.9 Å². The average Bonchev–Trinajstić information content (AvgIpc) is 2.59. The number of ether oxygens (including phenoxy) is 2. The van der Waals surface area contributed by atoms with E-state index in [1.165, 1.54) is 19.3 Å². The van der Waals surface area contributed by atoms with Gasteiger partial charge in [-0.25, -0.2) is 0 Å². The van der Waals surface area contributed by atoms with Crippen molar-refractivity contribution < 1.29 is 29.9 Å². The van der Waals surface area contributed by atoms with Crippen LogP contribution in [0.2, 0.25) is 0 Å². The Labute approximate surface area is 145 Å². The summed E-state index contributed by atoms with van der Waals surface area (Å²) in [6, 6.07) is 0. The molecule has 0 aliphatic carbocycles. The number of allylic oxidation sites excluding steroid dienone is 2. The zero-order valence-corrected chi connectivity index (χ0v) is 14.7. The van der Waals surface area contributed by atoms with E-state index in [0.717, 1.165) is 32.1 Å². The van der Waals surface area contributed by atoms with Crippen LogP contribution < -0.4 is 0 Å². The fourth-order valence-corrected chi connectivity index (χ4v) is 2.76. The van der Waals surface area contributed by atoms with Crippen LogP contribution in [0.1, 0.15) is 58.3 Å². The van der Waals surface area contributed by atoms with Gasteiger partial charge in [-0.1, -0.05) is 44.8 Å². The first-order chi connectivity index (χ1) is 11.6. The molecule has 1 unspecified atom stereocenters. The van der Waals surface area contributed by atoms with Crippen molar-refractivity contribution in [2.75, 3.05) is 13.2 Å². The van der Waals surface area contributed by atoms with E-state index in [1.807, 2.05) is 0 Å². The number of hydrogen-bond donors (Lipinski definition) is 4. The molecule has 5 atom stereocenters. The highest BCUT2D eigenvalue weighted by molar-refractivity contribution is 4.88. The third-order valence-electron chi connectivity index (χ3n) is 4.30. The summed E-state index contributed by atoms with van der Waals surface area (Å²) in [4.78, 5) is 0. The van der Waals surface area contributed by atoms with E-state index >= 15 is 0 Å². The molecule has 0 spiro atoms. The Hall–Kier alpha value is -0.500. The third-order valence-corrected chi connectivity index (χ3v) is 4.30. The maximum absolute atomic E-state index is 9.84. The second kappa shape index (κ2) is 12.8. The van der Waals surface area contributed by atoms with Gasteiger partial charge in [0.15, 0.2) is 6.29 Å². The Balaban J connectivity index is 2.05. The lowest BCUT2D eigenvalue weighted by molar-refractivity contribution is -0.301. The number of unbranched alkanes of at least 4 members (excludes halogenated alkanes) is 6. The highest BCUT2D eigenvalue weighted by atomic mass is 16.7. The SMILES string of the molecule is CCC=CCCCCCCCCOC1O[C@H](CO)[C@@H](O)[C@H](O)[C@H]1O. The van der Waals surface area contributed by atoms with Gasteiger partial charge in [-0.2, -0.15) is 0 Å². The molecule has 1 fully saturated rings. The van der Waals surface area contributed by atoms with Crippen molar-refractivity contribution in [1.82, 2.24) is 0 Å². The van der Waals surface area contributed by atoms with Gasteiger partial charge in [-0.3, -0.25) is 0 Å². The average molecular weight is 346 g/mol. The molecule has 4 N–H and O–H groups in total. The number of aliphatic hydroxyl groups excluding tert-OH is 4. The minimum Gasteiger partial charge on any atom is -0.394 e. The molecule has 0 radical (unpaired) electrons. The molecule has 0 aromatic carbocycles. The first-order valence-electron chi connectivity index (χ1n) is 9.19. The van der Waals surface area contributed by atoms with Crippen LogP contribution in [-0.2, 0) is 9.47 Å². The lowest BCUT2D eigenvalue weighted by Gasteiger charge is -2.39. The largest absolute Gasteiger partial charge is 0.394 e. The van der Waals surface area contributed by atoms with E-state index in [1.54, 1.807) is 0 Å². The van der Waals surface area contributed by atoms with E-state index in [9.17, 15) is 15.3 Å². The minimum absolute atomic E-state index is 0.419. The molecular weight excluding hydrogens is 312 g/mol. The smallest absolute Gasteiger partial charge is 0.186 e. The highest BCUT2D eigenvalue weighted by Gasteiger charge is 2.43. The Morgan fingerprint density at radius 2 is 1.54 bits per heavy atom.